The van der Waals surface area contributed by atoms with E-state index < -0.39 is 17.2 Å². The molecule has 0 spiro atoms. The Bertz CT molecular complexity index is 1050. The number of rotatable bonds is 1. The van der Waals surface area contributed by atoms with Gasteiger partial charge < -0.3 is 5.32 Å². The second kappa shape index (κ2) is 5.74. The van der Waals surface area contributed by atoms with Gasteiger partial charge in [0.05, 0.1) is 5.56 Å². The van der Waals surface area contributed by atoms with Crippen molar-refractivity contribution in [2.75, 3.05) is 5.32 Å². The lowest BCUT2D eigenvalue weighted by molar-refractivity contribution is -0.116. The topological polar surface area (TPSA) is 84.0 Å². The quantitative estimate of drug-likeness (QED) is 0.820. The van der Waals surface area contributed by atoms with Crippen molar-refractivity contribution in [2.24, 2.45) is 7.05 Å². The normalized spacial score (nSPS) is 19.3. The average molecular weight is 358 g/mol. The van der Waals surface area contributed by atoms with Gasteiger partial charge in [0, 0.05) is 35.7 Å². The van der Waals surface area contributed by atoms with Crippen molar-refractivity contribution in [2.45, 2.75) is 25.2 Å². The summed E-state index contributed by atoms with van der Waals surface area (Å²) in [6, 6.07) is 7.19. The molecule has 4 rings (SSSR count). The maximum atomic E-state index is 12.7. The van der Waals surface area contributed by atoms with Crippen LogP contribution in [0.4, 0.5) is 5.82 Å². The van der Waals surface area contributed by atoms with Crippen molar-refractivity contribution in [1.82, 2.24) is 9.55 Å². The minimum absolute atomic E-state index is 0.0116. The lowest BCUT2D eigenvalue weighted by Crippen LogP contribution is -2.39. The van der Waals surface area contributed by atoms with Crippen LogP contribution < -0.4 is 16.6 Å². The molecule has 1 aromatic carbocycles. The van der Waals surface area contributed by atoms with Crippen LogP contribution in [0.2, 0.25) is 5.02 Å². The summed E-state index contributed by atoms with van der Waals surface area (Å²) in [4.78, 5) is 39.6. The smallest absolute Gasteiger partial charge is 0.329 e. The molecular weight excluding hydrogens is 342 g/mol. The molecule has 1 aromatic heterocycles. The summed E-state index contributed by atoms with van der Waals surface area (Å²) in [5.41, 5.74) is 1.40. The van der Waals surface area contributed by atoms with Gasteiger partial charge >= 0.3 is 5.69 Å². The van der Waals surface area contributed by atoms with Crippen molar-refractivity contribution >= 4 is 23.2 Å². The molecule has 128 valence electrons. The fraction of sp³-hybridized carbons (Fsp3) is 0.278. The maximum Gasteiger partial charge on any atom is 0.329 e. The number of fused-ring (bicyclic) bond motifs is 1. The first-order chi connectivity index (χ1) is 12.0. The molecule has 1 atom stereocenters. The van der Waals surface area contributed by atoms with Crippen LogP contribution >= 0.6 is 11.6 Å². The van der Waals surface area contributed by atoms with E-state index in [0.29, 0.717) is 40.4 Å². The Hall–Kier alpha value is -2.60. The van der Waals surface area contributed by atoms with Crippen LogP contribution in [-0.4, -0.2) is 15.3 Å². The summed E-state index contributed by atoms with van der Waals surface area (Å²) in [5, 5.41) is 3.64. The van der Waals surface area contributed by atoms with Gasteiger partial charge in [0.2, 0.25) is 0 Å². The van der Waals surface area contributed by atoms with Gasteiger partial charge in [-0.3, -0.25) is 19.1 Å². The fourth-order valence-electron chi connectivity index (χ4n) is 3.69. The second-order valence-electron chi connectivity index (χ2n) is 6.33. The number of hydrogen-bond donors (Lipinski definition) is 2. The summed E-state index contributed by atoms with van der Waals surface area (Å²) >= 11 is 6.39. The predicted molar refractivity (Wildman–Crippen MR) is 95.1 cm³/mol. The van der Waals surface area contributed by atoms with Crippen LogP contribution in [0.1, 0.15) is 36.3 Å². The number of ketones is 1. The van der Waals surface area contributed by atoms with Crippen molar-refractivity contribution in [3.63, 3.8) is 0 Å². The van der Waals surface area contributed by atoms with Crippen LogP contribution in [0.25, 0.3) is 0 Å². The Kier molecular flexibility index (Phi) is 3.65. The number of nitrogens with zero attached hydrogens (tertiary/aromatic N) is 1. The first kappa shape index (κ1) is 15.9. The highest BCUT2D eigenvalue weighted by Crippen LogP contribution is 2.44. The first-order valence-electron chi connectivity index (χ1n) is 8.10. The summed E-state index contributed by atoms with van der Waals surface area (Å²) in [5.74, 6) is -0.145. The number of allylic oxidation sites excluding steroid dienone is 2. The minimum Gasteiger partial charge on any atom is -0.344 e. The summed E-state index contributed by atoms with van der Waals surface area (Å²) in [7, 11) is 1.59. The molecule has 6 nitrogen and oxygen atoms in total. The van der Waals surface area contributed by atoms with E-state index in [2.05, 4.69) is 10.3 Å². The lowest BCUT2D eigenvalue weighted by atomic mass is 9.76. The molecule has 1 aliphatic carbocycles. The third kappa shape index (κ3) is 2.36. The van der Waals surface area contributed by atoms with Crippen molar-refractivity contribution in [3.05, 3.63) is 72.5 Å². The Morgan fingerprint density at radius 1 is 1.16 bits per heavy atom. The summed E-state index contributed by atoms with van der Waals surface area (Å²) < 4.78 is 1.36. The number of aromatic nitrogens is 2. The Balaban J connectivity index is 2.09. The Morgan fingerprint density at radius 3 is 2.68 bits per heavy atom. The molecule has 7 heteroatoms. The number of H-pyrrole nitrogens is 1. The SMILES string of the molecule is Cn1c2c(c(=O)[nH]c1=O)[C@H](c1ccccc1Cl)C1=C(CCCC1=O)N2. The largest absolute Gasteiger partial charge is 0.344 e. The van der Waals surface area contributed by atoms with Gasteiger partial charge in [0.15, 0.2) is 5.78 Å². The van der Waals surface area contributed by atoms with Gasteiger partial charge in [-0.2, -0.15) is 0 Å². The Morgan fingerprint density at radius 2 is 1.92 bits per heavy atom. The van der Waals surface area contributed by atoms with E-state index in [1.165, 1.54) is 4.57 Å². The van der Waals surface area contributed by atoms with Crippen LogP contribution in [0.3, 0.4) is 0 Å². The monoisotopic (exact) mass is 357 g/mol. The molecule has 0 fully saturated rings. The van der Waals surface area contributed by atoms with E-state index in [0.717, 1.165) is 12.1 Å². The van der Waals surface area contributed by atoms with Crippen molar-refractivity contribution < 1.29 is 4.79 Å². The molecule has 2 aliphatic rings. The molecule has 2 N–H and O–H groups in total. The molecule has 0 saturated heterocycles. The zero-order chi connectivity index (χ0) is 17.7. The molecule has 0 amide bonds. The van der Waals surface area contributed by atoms with Gasteiger partial charge in [0.1, 0.15) is 5.82 Å². The molecule has 0 saturated carbocycles. The van der Waals surface area contributed by atoms with E-state index in [-0.39, 0.29) is 5.78 Å². The molecule has 1 aliphatic heterocycles. The average Bonchev–Trinajstić information content (AvgIpc) is 2.59. The number of hydrogen-bond acceptors (Lipinski definition) is 4. The molecule has 0 bridgehead atoms. The van der Waals surface area contributed by atoms with Crippen molar-refractivity contribution in [1.29, 1.82) is 0 Å². The van der Waals surface area contributed by atoms with Gasteiger partial charge in [-0.1, -0.05) is 29.8 Å². The number of benzene rings is 1. The number of anilines is 1. The molecule has 0 radical (unpaired) electrons. The van der Waals surface area contributed by atoms with Gasteiger partial charge in [-0.25, -0.2) is 4.79 Å². The maximum absolute atomic E-state index is 12.7. The molecule has 2 heterocycles. The first-order valence-corrected chi connectivity index (χ1v) is 8.47. The highest BCUT2D eigenvalue weighted by atomic mass is 35.5. The van der Waals surface area contributed by atoms with E-state index in [1.54, 1.807) is 19.2 Å². The zero-order valence-corrected chi connectivity index (χ0v) is 14.3. The number of nitrogens with one attached hydrogen (secondary N) is 2. The molecule has 25 heavy (non-hydrogen) atoms. The van der Waals surface area contributed by atoms with Crippen LogP contribution in [-0.2, 0) is 11.8 Å². The number of carbonyl (C=O) groups is 1. The van der Waals surface area contributed by atoms with Gasteiger partial charge in [-0.15, -0.1) is 0 Å². The fourth-order valence-corrected chi connectivity index (χ4v) is 3.94. The van der Waals surface area contributed by atoms with Gasteiger partial charge in [-0.05, 0) is 24.5 Å². The lowest BCUT2D eigenvalue weighted by Gasteiger charge is -2.34. The molecular formula is C18H16ClN3O3. The van der Waals surface area contributed by atoms with Crippen LogP contribution in [0.5, 0.6) is 0 Å². The minimum atomic E-state index is -0.580. The van der Waals surface area contributed by atoms with Crippen molar-refractivity contribution in [3.8, 4) is 0 Å². The summed E-state index contributed by atoms with van der Waals surface area (Å²) in [6.45, 7) is 0. The van der Waals surface area contributed by atoms with E-state index in [9.17, 15) is 14.4 Å². The Labute approximate surface area is 148 Å². The standard InChI is InChI=1S/C18H16ClN3O3/c1-22-16-15(17(24)21-18(22)25)13(9-5-2-3-6-10(9)19)14-11(20-16)7-4-8-12(14)23/h2-3,5-6,13,20H,4,7-8H2,1H3,(H,21,24,25)/t13-/m1/s1. The molecule has 0 unspecified atom stereocenters. The second-order valence-corrected chi connectivity index (χ2v) is 6.74. The highest BCUT2D eigenvalue weighted by molar-refractivity contribution is 6.31. The zero-order valence-electron chi connectivity index (χ0n) is 13.6. The summed E-state index contributed by atoms with van der Waals surface area (Å²) in [6.07, 6.45) is 1.88. The number of Topliss-reactive ketones (excluding diaryl/α,β-unsaturated/α-hetero) is 1. The highest BCUT2D eigenvalue weighted by Gasteiger charge is 2.38. The van der Waals surface area contributed by atoms with E-state index in [1.807, 2.05) is 12.1 Å². The number of halogens is 1. The van der Waals surface area contributed by atoms with Gasteiger partial charge in [0.25, 0.3) is 5.56 Å². The van der Waals surface area contributed by atoms with E-state index >= 15 is 0 Å². The van der Waals surface area contributed by atoms with Crippen LogP contribution in [0.15, 0.2) is 45.1 Å². The third-order valence-corrected chi connectivity index (χ3v) is 5.22. The predicted octanol–water partition coefficient (Wildman–Crippen LogP) is 2.29. The van der Waals surface area contributed by atoms with E-state index in [4.69, 9.17) is 11.6 Å². The molecule has 2 aromatic rings. The number of carbonyl (C=O) groups excluding carboxylic acids is 1. The van der Waals surface area contributed by atoms with Crippen LogP contribution in [0, 0.1) is 0 Å². The third-order valence-electron chi connectivity index (χ3n) is 4.88. The number of aromatic amines is 1.